The summed E-state index contributed by atoms with van der Waals surface area (Å²) in [7, 11) is 0. The first-order valence-corrected chi connectivity index (χ1v) is 6.65. The number of hydrogen-bond donors (Lipinski definition) is 1. The summed E-state index contributed by atoms with van der Waals surface area (Å²) in [6, 6.07) is 8.53. The van der Waals surface area contributed by atoms with Gasteiger partial charge in [0.2, 0.25) is 0 Å². The van der Waals surface area contributed by atoms with E-state index in [1.807, 2.05) is 12.5 Å². The molecule has 0 atom stereocenters. The Kier molecular flexibility index (Phi) is 3.15. The van der Waals surface area contributed by atoms with Gasteiger partial charge in [-0.05, 0) is 24.0 Å². The fourth-order valence-corrected chi connectivity index (χ4v) is 2.48. The van der Waals surface area contributed by atoms with Gasteiger partial charge in [0.05, 0.1) is 6.33 Å². The van der Waals surface area contributed by atoms with Gasteiger partial charge in [0.1, 0.15) is 0 Å². The monoisotopic (exact) mass is 241 g/mol. The molecule has 0 spiro atoms. The van der Waals surface area contributed by atoms with Crippen molar-refractivity contribution in [2.75, 3.05) is 0 Å². The SMILES string of the molecule is NCc1ccc(Cn2cncc2C2CCC2)cc1. The summed E-state index contributed by atoms with van der Waals surface area (Å²) in [5.74, 6) is 0.732. The Hall–Kier alpha value is -1.61. The van der Waals surface area contributed by atoms with Crippen LogP contribution in [0.3, 0.4) is 0 Å². The molecule has 1 aliphatic carbocycles. The van der Waals surface area contributed by atoms with E-state index in [1.165, 1.54) is 36.1 Å². The zero-order valence-electron chi connectivity index (χ0n) is 10.5. The molecule has 94 valence electrons. The van der Waals surface area contributed by atoms with Crippen LogP contribution in [-0.2, 0) is 13.1 Å². The molecular formula is C15H19N3. The maximum absolute atomic E-state index is 5.61. The average molecular weight is 241 g/mol. The van der Waals surface area contributed by atoms with E-state index in [1.54, 1.807) is 0 Å². The molecule has 0 amide bonds. The summed E-state index contributed by atoms with van der Waals surface area (Å²) in [6.45, 7) is 1.52. The summed E-state index contributed by atoms with van der Waals surface area (Å²) < 4.78 is 2.28. The van der Waals surface area contributed by atoms with E-state index in [0.29, 0.717) is 6.54 Å². The lowest BCUT2D eigenvalue weighted by molar-refractivity contribution is 0.399. The van der Waals surface area contributed by atoms with Gasteiger partial charge in [0.25, 0.3) is 0 Å². The van der Waals surface area contributed by atoms with Gasteiger partial charge in [-0.3, -0.25) is 0 Å². The lowest BCUT2D eigenvalue weighted by Gasteiger charge is -2.26. The first kappa shape index (κ1) is 11.5. The molecule has 1 fully saturated rings. The van der Waals surface area contributed by atoms with Gasteiger partial charge in [-0.1, -0.05) is 30.7 Å². The first-order valence-electron chi connectivity index (χ1n) is 6.65. The second kappa shape index (κ2) is 4.94. The number of imidazole rings is 1. The molecule has 1 aliphatic rings. The predicted molar refractivity (Wildman–Crippen MR) is 72.3 cm³/mol. The van der Waals surface area contributed by atoms with Crippen LogP contribution in [0.5, 0.6) is 0 Å². The highest BCUT2D eigenvalue weighted by Crippen LogP contribution is 2.36. The van der Waals surface area contributed by atoms with Gasteiger partial charge in [0, 0.05) is 30.9 Å². The summed E-state index contributed by atoms with van der Waals surface area (Å²) in [4.78, 5) is 4.30. The third kappa shape index (κ3) is 2.18. The Bertz CT molecular complexity index is 509. The normalized spacial score (nSPS) is 15.6. The van der Waals surface area contributed by atoms with E-state index in [9.17, 15) is 0 Å². The summed E-state index contributed by atoms with van der Waals surface area (Å²) in [5.41, 5.74) is 9.50. The molecule has 2 aromatic rings. The number of rotatable bonds is 4. The fourth-order valence-electron chi connectivity index (χ4n) is 2.48. The van der Waals surface area contributed by atoms with Crippen molar-refractivity contribution in [3.05, 3.63) is 53.6 Å². The Labute approximate surface area is 108 Å². The molecule has 0 unspecified atom stereocenters. The fraction of sp³-hybridized carbons (Fsp3) is 0.400. The van der Waals surface area contributed by atoms with Crippen molar-refractivity contribution >= 4 is 0 Å². The molecular weight excluding hydrogens is 222 g/mol. The van der Waals surface area contributed by atoms with Crippen LogP contribution in [0.15, 0.2) is 36.8 Å². The molecule has 1 aromatic carbocycles. The standard InChI is InChI=1S/C15H19N3/c16-8-12-4-6-13(7-5-12)10-18-11-17-9-15(18)14-2-1-3-14/h4-7,9,11,14H,1-3,8,10,16H2. The van der Waals surface area contributed by atoms with Crippen LogP contribution < -0.4 is 5.73 Å². The highest BCUT2D eigenvalue weighted by atomic mass is 15.0. The minimum atomic E-state index is 0.610. The molecule has 3 nitrogen and oxygen atoms in total. The number of nitrogens with zero attached hydrogens (tertiary/aromatic N) is 2. The van der Waals surface area contributed by atoms with E-state index < -0.39 is 0 Å². The maximum Gasteiger partial charge on any atom is 0.0951 e. The smallest absolute Gasteiger partial charge is 0.0951 e. The number of aromatic nitrogens is 2. The van der Waals surface area contributed by atoms with Gasteiger partial charge in [-0.15, -0.1) is 0 Å². The Morgan fingerprint density at radius 2 is 1.89 bits per heavy atom. The third-order valence-electron chi connectivity index (χ3n) is 3.88. The van der Waals surface area contributed by atoms with Crippen LogP contribution >= 0.6 is 0 Å². The van der Waals surface area contributed by atoms with Crippen molar-refractivity contribution in [2.45, 2.75) is 38.3 Å². The predicted octanol–water partition coefficient (Wildman–Crippen LogP) is 2.66. The molecule has 0 radical (unpaired) electrons. The number of hydrogen-bond acceptors (Lipinski definition) is 2. The highest BCUT2D eigenvalue weighted by molar-refractivity contribution is 5.23. The molecule has 0 bridgehead atoms. The molecule has 0 saturated heterocycles. The molecule has 2 N–H and O–H groups in total. The second-order valence-corrected chi connectivity index (χ2v) is 5.09. The molecule has 3 heteroatoms. The summed E-state index contributed by atoms with van der Waals surface area (Å²) in [5, 5.41) is 0. The minimum absolute atomic E-state index is 0.610. The van der Waals surface area contributed by atoms with Crippen LogP contribution in [-0.4, -0.2) is 9.55 Å². The molecule has 1 aromatic heterocycles. The molecule has 0 aliphatic heterocycles. The first-order chi connectivity index (χ1) is 8.86. The van der Waals surface area contributed by atoms with E-state index >= 15 is 0 Å². The lowest BCUT2D eigenvalue weighted by atomic mass is 9.83. The Morgan fingerprint density at radius 1 is 1.17 bits per heavy atom. The van der Waals surface area contributed by atoms with Crippen molar-refractivity contribution in [3.8, 4) is 0 Å². The third-order valence-corrected chi connectivity index (χ3v) is 3.88. The molecule has 3 rings (SSSR count). The highest BCUT2D eigenvalue weighted by Gasteiger charge is 2.22. The maximum atomic E-state index is 5.61. The van der Waals surface area contributed by atoms with Crippen LogP contribution in [0.1, 0.15) is 42.0 Å². The van der Waals surface area contributed by atoms with E-state index in [2.05, 4.69) is 33.8 Å². The van der Waals surface area contributed by atoms with Gasteiger partial charge >= 0.3 is 0 Å². The lowest BCUT2D eigenvalue weighted by Crippen LogP contribution is -2.14. The average Bonchev–Trinajstić information content (AvgIpc) is 2.76. The van der Waals surface area contributed by atoms with E-state index in [4.69, 9.17) is 5.73 Å². The van der Waals surface area contributed by atoms with Crippen molar-refractivity contribution in [1.29, 1.82) is 0 Å². The molecule has 1 heterocycles. The molecule has 18 heavy (non-hydrogen) atoms. The largest absolute Gasteiger partial charge is 0.330 e. The second-order valence-electron chi connectivity index (χ2n) is 5.09. The van der Waals surface area contributed by atoms with Crippen LogP contribution in [0, 0.1) is 0 Å². The number of nitrogens with two attached hydrogens (primary N) is 1. The van der Waals surface area contributed by atoms with Gasteiger partial charge in [0.15, 0.2) is 0 Å². The van der Waals surface area contributed by atoms with Crippen molar-refractivity contribution in [2.24, 2.45) is 5.73 Å². The van der Waals surface area contributed by atoms with Crippen molar-refractivity contribution in [1.82, 2.24) is 9.55 Å². The topological polar surface area (TPSA) is 43.8 Å². The Balaban J connectivity index is 1.76. The zero-order valence-corrected chi connectivity index (χ0v) is 10.5. The van der Waals surface area contributed by atoms with E-state index in [-0.39, 0.29) is 0 Å². The van der Waals surface area contributed by atoms with Crippen LogP contribution in [0.4, 0.5) is 0 Å². The van der Waals surface area contributed by atoms with Crippen LogP contribution in [0.2, 0.25) is 0 Å². The van der Waals surface area contributed by atoms with E-state index in [0.717, 1.165) is 12.5 Å². The van der Waals surface area contributed by atoms with Gasteiger partial charge in [-0.25, -0.2) is 4.98 Å². The Morgan fingerprint density at radius 3 is 2.50 bits per heavy atom. The van der Waals surface area contributed by atoms with Crippen LogP contribution in [0.25, 0.3) is 0 Å². The molecule has 1 saturated carbocycles. The van der Waals surface area contributed by atoms with Gasteiger partial charge < -0.3 is 10.3 Å². The zero-order chi connectivity index (χ0) is 12.4. The summed E-state index contributed by atoms with van der Waals surface area (Å²) in [6.07, 6.45) is 7.97. The van der Waals surface area contributed by atoms with Crippen molar-refractivity contribution < 1.29 is 0 Å². The summed E-state index contributed by atoms with van der Waals surface area (Å²) >= 11 is 0. The van der Waals surface area contributed by atoms with Crippen molar-refractivity contribution in [3.63, 3.8) is 0 Å². The quantitative estimate of drug-likeness (QED) is 0.894. The minimum Gasteiger partial charge on any atom is -0.330 e. The van der Waals surface area contributed by atoms with Gasteiger partial charge in [-0.2, -0.15) is 0 Å². The number of benzene rings is 1.